The third-order valence-electron chi connectivity index (χ3n) is 3.51. The molecule has 1 amide bonds. The van der Waals surface area contributed by atoms with Gasteiger partial charge in [0.05, 0.1) is 6.26 Å². The SMILES string of the molecule is CCN(CC)C1CCN(C(=O)c2ccco2)C1. The molecule has 94 valence electrons. The zero-order chi connectivity index (χ0) is 12.3. The summed E-state index contributed by atoms with van der Waals surface area (Å²) in [6, 6.07) is 3.99. The Balaban J connectivity index is 1.96. The molecule has 1 aromatic heterocycles. The number of carbonyl (C=O) groups is 1. The van der Waals surface area contributed by atoms with E-state index >= 15 is 0 Å². The Bertz CT molecular complexity index is 358. The van der Waals surface area contributed by atoms with E-state index in [0.29, 0.717) is 11.8 Å². The summed E-state index contributed by atoms with van der Waals surface area (Å²) in [5.74, 6) is 0.467. The Morgan fingerprint density at radius 1 is 1.53 bits per heavy atom. The number of likely N-dealkylation sites (tertiary alicyclic amines) is 1. The lowest BCUT2D eigenvalue weighted by Gasteiger charge is -2.25. The van der Waals surface area contributed by atoms with Crippen LogP contribution in [0.15, 0.2) is 22.8 Å². The fourth-order valence-corrected chi connectivity index (χ4v) is 2.52. The largest absolute Gasteiger partial charge is 0.459 e. The first-order valence-electron chi connectivity index (χ1n) is 6.33. The summed E-state index contributed by atoms with van der Waals surface area (Å²) < 4.78 is 5.15. The van der Waals surface area contributed by atoms with Crippen molar-refractivity contribution < 1.29 is 9.21 Å². The highest BCUT2D eigenvalue weighted by Gasteiger charge is 2.30. The number of amides is 1. The zero-order valence-corrected chi connectivity index (χ0v) is 10.6. The van der Waals surface area contributed by atoms with Crippen LogP contribution in [0.1, 0.15) is 30.8 Å². The summed E-state index contributed by atoms with van der Waals surface area (Å²) in [5.41, 5.74) is 0. The molecule has 1 aliphatic rings. The molecule has 4 nitrogen and oxygen atoms in total. The van der Waals surface area contributed by atoms with E-state index in [0.717, 1.165) is 32.6 Å². The average Bonchev–Trinajstić information content (AvgIpc) is 3.01. The van der Waals surface area contributed by atoms with Crippen LogP contribution in [0.3, 0.4) is 0 Å². The van der Waals surface area contributed by atoms with Gasteiger partial charge in [-0.2, -0.15) is 0 Å². The van der Waals surface area contributed by atoms with Gasteiger partial charge in [0.15, 0.2) is 5.76 Å². The summed E-state index contributed by atoms with van der Waals surface area (Å²) >= 11 is 0. The van der Waals surface area contributed by atoms with Gasteiger partial charge < -0.3 is 9.32 Å². The molecule has 17 heavy (non-hydrogen) atoms. The Morgan fingerprint density at radius 3 is 2.88 bits per heavy atom. The molecule has 1 fully saturated rings. The summed E-state index contributed by atoms with van der Waals surface area (Å²) in [4.78, 5) is 16.4. The maximum Gasteiger partial charge on any atom is 0.289 e. The van der Waals surface area contributed by atoms with Crippen molar-refractivity contribution in [3.8, 4) is 0 Å². The molecule has 0 N–H and O–H groups in total. The van der Waals surface area contributed by atoms with Gasteiger partial charge in [0.2, 0.25) is 0 Å². The van der Waals surface area contributed by atoms with E-state index in [1.807, 2.05) is 4.90 Å². The van der Waals surface area contributed by atoms with Crippen LogP contribution in [0, 0.1) is 0 Å². The van der Waals surface area contributed by atoms with Gasteiger partial charge >= 0.3 is 0 Å². The molecule has 2 rings (SSSR count). The van der Waals surface area contributed by atoms with Crippen molar-refractivity contribution in [3.05, 3.63) is 24.2 Å². The first kappa shape index (κ1) is 12.2. The highest BCUT2D eigenvalue weighted by atomic mass is 16.3. The number of carbonyl (C=O) groups excluding carboxylic acids is 1. The smallest absolute Gasteiger partial charge is 0.289 e. The average molecular weight is 236 g/mol. The third kappa shape index (κ3) is 2.52. The molecule has 1 aromatic rings. The Hall–Kier alpha value is -1.29. The molecular formula is C13H20N2O2. The molecule has 1 atom stereocenters. The van der Waals surface area contributed by atoms with Gasteiger partial charge in [-0.1, -0.05) is 13.8 Å². The molecule has 2 heterocycles. The molecule has 0 radical (unpaired) electrons. The van der Waals surface area contributed by atoms with Crippen molar-refractivity contribution in [3.63, 3.8) is 0 Å². The van der Waals surface area contributed by atoms with Crippen LogP contribution >= 0.6 is 0 Å². The molecule has 0 saturated carbocycles. The van der Waals surface area contributed by atoms with Crippen molar-refractivity contribution in [1.29, 1.82) is 0 Å². The fraction of sp³-hybridized carbons (Fsp3) is 0.615. The van der Waals surface area contributed by atoms with Crippen molar-refractivity contribution in [2.75, 3.05) is 26.2 Å². The van der Waals surface area contributed by atoms with Crippen LogP contribution in [0.4, 0.5) is 0 Å². The van der Waals surface area contributed by atoms with Crippen molar-refractivity contribution in [1.82, 2.24) is 9.80 Å². The van der Waals surface area contributed by atoms with Crippen LogP contribution in [0.5, 0.6) is 0 Å². The van der Waals surface area contributed by atoms with Crippen molar-refractivity contribution in [2.24, 2.45) is 0 Å². The molecule has 1 saturated heterocycles. The van der Waals surface area contributed by atoms with Crippen molar-refractivity contribution in [2.45, 2.75) is 26.3 Å². The van der Waals surface area contributed by atoms with Crippen LogP contribution in [-0.2, 0) is 0 Å². The van der Waals surface area contributed by atoms with Crippen LogP contribution < -0.4 is 0 Å². The molecule has 4 heteroatoms. The van der Waals surface area contributed by atoms with Gasteiger partial charge in [-0.3, -0.25) is 9.69 Å². The second-order valence-electron chi connectivity index (χ2n) is 4.39. The first-order chi connectivity index (χ1) is 8.26. The number of nitrogens with zero attached hydrogens (tertiary/aromatic N) is 2. The van der Waals surface area contributed by atoms with Crippen molar-refractivity contribution >= 4 is 5.91 Å². The number of likely N-dealkylation sites (N-methyl/N-ethyl adjacent to an activating group) is 1. The summed E-state index contributed by atoms with van der Waals surface area (Å²) in [6.45, 7) is 8.08. The molecule has 0 aromatic carbocycles. The fourth-order valence-electron chi connectivity index (χ4n) is 2.52. The molecular weight excluding hydrogens is 216 g/mol. The Morgan fingerprint density at radius 2 is 2.29 bits per heavy atom. The minimum atomic E-state index is 0.0182. The van der Waals surface area contributed by atoms with Gasteiger partial charge in [-0.15, -0.1) is 0 Å². The number of furan rings is 1. The van der Waals surface area contributed by atoms with Crippen LogP contribution in [-0.4, -0.2) is 47.9 Å². The standard InChI is InChI=1S/C13H20N2O2/c1-3-14(4-2)11-7-8-15(10-11)13(16)12-6-5-9-17-12/h5-6,9,11H,3-4,7-8,10H2,1-2H3. The van der Waals surface area contributed by atoms with Crippen LogP contribution in [0.2, 0.25) is 0 Å². The maximum absolute atomic E-state index is 12.1. The highest BCUT2D eigenvalue weighted by molar-refractivity contribution is 5.91. The molecule has 0 aliphatic carbocycles. The van der Waals surface area contributed by atoms with E-state index in [2.05, 4.69) is 18.7 Å². The Kier molecular flexibility index (Phi) is 3.84. The molecule has 0 bridgehead atoms. The second-order valence-corrected chi connectivity index (χ2v) is 4.39. The molecule has 0 spiro atoms. The molecule has 1 aliphatic heterocycles. The normalized spacial score (nSPS) is 20.2. The Labute approximate surface area is 102 Å². The van der Waals surface area contributed by atoms with Gasteiger partial charge in [0.1, 0.15) is 0 Å². The zero-order valence-electron chi connectivity index (χ0n) is 10.6. The molecule has 1 unspecified atom stereocenters. The summed E-state index contributed by atoms with van der Waals surface area (Å²) in [5, 5.41) is 0. The van der Waals surface area contributed by atoms with E-state index in [1.54, 1.807) is 18.4 Å². The summed E-state index contributed by atoms with van der Waals surface area (Å²) in [7, 11) is 0. The van der Waals surface area contributed by atoms with E-state index < -0.39 is 0 Å². The minimum absolute atomic E-state index is 0.0182. The van der Waals surface area contributed by atoms with Gasteiger partial charge in [0, 0.05) is 19.1 Å². The van der Waals surface area contributed by atoms with E-state index in [9.17, 15) is 4.79 Å². The first-order valence-corrected chi connectivity index (χ1v) is 6.33. The maximum atomic E-state index is 12.1. The summed E-state index contributed by atoms with van der Waals surface area (Å²) in [6.07, 6.45) is 2.61. The highest BCUT2D eigenvalue weighted by Crippen LogP contribution is 2.18. The van der Waals surface area contributed by atoms with Gasteiger partial charge in [-0.05, 0) is 31.6 Å². The second kappa shape index (κ2) is 5.36. The van der Waals surface area contributed by atoms with Gasteiger partial charge in [0.25, 0.3) is 5.91 Å². The number of hydrogen-bond donors (Lipinski definition) is 0. The van der Waals surface area contributed by atoms with Gasteiger partial charge in [-0.25, -0.2) is 0 Å². The van der Waals surface area contributed by atoms with Crippen LogP contribution in [0.25, 0.3) is 0 Å². The van der Waals surface area contributed by atoms with E-state index in [1.165, 1.54) is 0 Å². The monoisotopic (exact) mass is 236 g/mol. The predicted octanol–water partition coefficient (Wildman–Crippen LogP) is 1.84. The predicted molar refractivity (Wildman–Crippen MR) is 65.9 cm³/mol. The quantitative estimate of drug-likeness (QED) is 0.800. The lowest BCUT2D eigenvalue weighted by Crippen LogP contribution is -2.38. The lowest BCUT2D eigenvalue weighted by atomic mass is 10.2. The lowest BCUT2D eigenvalue weighted by molar-refractivity contribution is 0.0746. The topological polar surface area (TPSA) is 36.7 Å². The van der Waals surface area contributed by atoms with E-state index in [-0.39, 0.29) is 5.91 Å². The minimum Gasteiger partial charge on any atom is -0.459 e. The number of hydrogen-bond acceptors (Lipinski definition) is 3. The number of rotatable bonds is 4. The third-order valence-corrected chi connectivity index (χ3v) is 3.51. The van der Waals surface area contributed by atoms with E-state index in [4.69, 9.17) is 4.42 Å².